The zero-order valence-electron chi connectivity index (χ0n) is 19.7. The number of benzene rings is 2. The summed E-state index contributed by atoms with van der Waals surface area (Å²) in [6, 6.07) is 15.8. The van der Waals surface area contributed by atoms with Crippen LogP contribution in [0.15, 0.2) is 48.5 Å². The van der Waals surface area contributed by atoms with Crippen LogP contribution >= 0.6 is 0 Å². The van der Waals surface area contributed by atoms with Gasteiger partial charge in [0.1, 0.15) is 5.82 Å². The van der Waals surface area contributed by atoms with Crippen LogP contribution in [0.25, 0.3) is 11.0 Å². The third-order valence-corrected chi connectivity index (χ3v) is 7.34. The number of fused-ring (bicyclic) bond motifs is 1. The number of hydrogen-bond acceptors (Lipinski definition) is 4. The van der Waals surface area contributed by atoms with Gasteiger partial charge in [-0.1, -0.05) is 24.3 Å². The second-order valence-electron chi connectivity index (χ2n) is 9.37. The van der Waals surface area contributed by atoms with Crippen LogP contribution in [0.5, 0.6) is 0 Å². The van der Waals surface area contributed by atoms with E-state index in [2.05, 4.69) is 26.2 Å². The van der Waals surface area contributed by atoms with Crippen LogP contribution in [0, 0.1) is 5.82 Å². The highest BCUT2D eigenvalue weighted by Gasteiger charge is 2.32. The summed E-state index contributed by atoms with van der Waals surface area (Å²) in [6.07, 6.45) is 4.16. The van der Waals surface area contributed by atoms with Gasteiger partial charge in [-0.05, 0) is 55.5 Å². The van der Waals surface area contributed by atoms with Gasteiger partial charge >= 0.3 is 6.03 Å². The molecule has 2 N–H and O–H groups in total. The third kappa shape index (κ3) is 4.87. The van der Waals surface area contributed by atoms with Crippen LogP contribution < -0.4 is 10.2 Å². The summed E-state index contributed by atoms with van der Waals surface area (Å²) in [5.74, 6) is 0.665. The van der Waals surface area contributed by atoms with Crippen molar-refractivity contribution in [3.8, 4) is 0 Å². The number of para-hydroxylation sites is 2. The average Bonchev–Trinajstić information content (AvgIpc) is 3.32. The minimum absolute atomic E-state index is 0.0272. The van der Waals surface area contributed by atoms with Gasteiger partial charge in [-0.15, -0.1) is 0 Å². The number of likely N-dealkylation sites (tertiary alicyclic amines) is 2. The molecule has 0 unspecified atom stereocenters. The number of nitrogens with zero attached hydrogens (tertiary/aromatic N) is 4. The number of piperidine rings is 2. The van der Waals surface area contributed by atoms with Crippen LogP contribution in [0.2, 0.25) is 0 Å². The molecule has 7 nitrogen and oxygen atoms in total. The molecule has 34 heavy (non-hydrogen) atoms. The van der Waals surface area contributed by atoms with Gasteiger partial charge in [0.25, 0.3) is 0 Å². The number of rotatable bonds is 5. The molecule has 8 heteroatoms. The Hall–Kier alpha value is -3.13. The Balaban J connectivity index is 1.28. The first-order chi connectivity index (χ1) is 16.6. The van der Waals surface area contributed by atoms with E-state index in [-0.39, 0.29) is 11.8 Å². The van der Waals surface area contributed by atoms with Crippen molar-refractivity contribution in [3.63, 3.8) is 0 Å². The van der Waals surface area contributed by atoms with Crippen LogP contribution in [0.1, 0.15) is 31.2 Å². The van der Waals surface area contributed by atoms with Gasteiger partial charge in [0.15, 0.2) is 0 Å². The van der Waals surface area contributed by atoms with Gasteiger partial charge in [-0.3, -0.25) is 0 Å². The minimum Gasteiger partial charge on any atom is -0.341 e. The summed E-state index contributed by atoms with van der Waals surface area (Å²) in [6.45, 7) is 4.40. The van der Waals surface area contributed by atoms with E-state index in [1.807, 2.05) is 35.2 Å². The Morgan fingerprint density at radius 2 is 1.76 bits per heavy atom. The molecule has 2 aromatic carbocycles. The lowest BCUT2D eigenvalue weighted by atomic mass is 9.97. The second-order valence-corrected chi connectivity index (χ2v) is 9.37. The molecule has 2 fully saturated rings. The molecule has 3 aromatic rings. The zero-order chi connectivity index (χ0) is 23.5. The standard InChI is InChI=1S/C26H33FN6O/c1-28-26(34)32-16-10-21(11-17-32)31-14-12-22(13-15-31)33(18-19-6-8-20(27)9-7-19)25-29-23-4-2-3-5-24(23)30-25/h2-9,21-22H,10-18H2,1H3,(H,28,34)(H,29,30). The van der Waals surface area contributed by atoms with Crippen LogP contribution in [0.4, 0.5) is 15.1 Å². The lowest BCUT2D eigenvalue weighted by Crippen LogP contribution is -2.52. The van der Waals surface area contributed by atoms with Crippen LogP contribution in [-0.2, 0) is 6.54 Å². The molecule has 0 spiro atoms. The predicted molar refractivity (Wildman–Crippen MR) is 132 cm³/mol. The monoisotopic (exact) mass is 464 g/mol. The van der Waals surface area contributed by atoms with Crippen molar-refractivity contribution in [2.45, 2.75) is 44.3 Å². The maximum atomic E-state index is 13.5. The molecule has 180 valence electrons. The van der Waals surface area contributed by atoms with Crippen molar-refractivity contribution >= 4 is 23.0 Å². The first-order valence-corrected chi connectivity index (χ1v) is 12.3. The van der Waals surface area contributed by atoms with Gasteiger partial charge in [-0.25, -0.2) is 14.2 Å². The molecule has 0 saturated carbocycles. The summed E-state index contributed by atoms with van der Waals surface area (Å²) in [5, 5.41) is 2.73. The number of nitrogens with one attached hydrogen (secondary N) is 2. The minimum atomic E-state index is -0.213. The maximum Gasteiger partial charge on any atom is 0.317 e. The second kappa shape index (κ2) is 10.0. The Labute approximate surface area is 199 Å². The highest BCUT2D eigenvalue weighted by molar-refractivity contribution is 5.77. The lowest BCUT2D eigenvalue weighted by molar-refractivity contribution is 0.0954. The zero-order valence-corrected chi connectivity index (χ0v) is 19.7. The van der Waals surface area contributed by atoms with E-state index >= 15 is 0 Å². The Kier molecular flexibility index (Phi) is 6.67. The van der Waals surface area contributed by atoms with Crippen LogP contribution in [0.3, 0.4) is 0 Å². The number of carbonyl (C=O) groups is 1. The van der Waals surface area contributed by atoms with Crippen molar-refractivity contribution in [2.75, 3.05) is 38.1 Å². The molecule has 0 radical (unpaired) electrons. The van der Waals surface area contributed by atoms with Crippen molar-refractivity contribution in [3.05, 3.63) is 59.9 Å². The summed E-state index contributed by atoms with van der Waals surface area (Å²) in [4.78, 5) is 27.2. The van der Waals surface area contributed by atoms with E-state index in [1.165, 1.54) is 12.1 Å². The molecule has 0 aliphatic carbocycles. The van der Waals surface area contributed by atoms with Crippen molar-refractivity contribution in [1.82, 2.24) is 25.1 Å². The third-order valence-electron chi connectivity index (χ3n) is 7.34. The summed E-state index contributed by atoms with van der Waals surface area (Å²) < 4.78 is 13.5. The molecule has 0 atom stereocenters. The number of carbonyl (C=O) groups excluding carboxylic acids is 1. The first kappa shape index (κ1) is 22.7. The highest BCUT2D eigenvalue weighted by atomic mass is 19.1. The normalized spacial score (nSPS) is 18.4. The van der Waals surface area contributed by atoms with Crippen molar-refractivity contribution in [1.29, 1.82) is 0 Å². The molecule has 2 aliphatic heterocycles. The number of aromatic nitrogens is 2. The van der Waals surface area contributed by atoms with Crippen molar-refractivity contribution in [2.24, 2.45) is 0 Å². The fourth-order valence-electron chi connectivity index (χ4n) is 5.39. The van der Waals surface area contributed by atoms with E-state index in [9.17, 15) is 9.18 Å². The summed E-state index contributed by atoms with van der Waals surface area (Å²) in [7, 11) is 1.69. The Bertz CT molecular complexity index is 1070. The predicted octanol–water partition coefficient (Wildman–Crippen LogP) is 3.98. The largest absolute Gasteiger partial charge is 0.341 e. The van der Waals surface area contributed by atoms with Crippen molar-refractivity contribution < 1.29 is 9.18 Å². The topological polar surface area (TPSA) is 67.5 Å². The number of aromatic amines is 1. The van der Waals surface area contributed by atoms with E-state index in [4.69, 9.17) is 4.98 Å². The molecule has 2 saturated heterocycles. The highest BCUT2D eigenvalue weighted by Crippen LogP contribution is 2.28. The number of amides is 2. The summed E-state index contributed by atoms with van der Waals surface area (Å²) >= 11 is 0. The molecule has 2 aliphatic rings. The number of halogens is 1. The van der Waals surface area contributed by atoms with E-state index in [0.29, 0.717) is 18.6 Å². The van der Waals surface area contributed by atoms with Gasteiger partial charge in [0.05, 0.1) is 11.0 Å². The number of H-pyrrole nitrogens is 1. The van der Waals surface area contributed by atoms with E-state index in [1.54, 1.807) is 7.05 Å². The fraction of sp³-hybridized carbons (Fsp3) is 0.462. The quantitative estimate of drug-likeness (QED) is 0.600. The summed E-state index contributed by atoms with van der Waals surface area (Å²) in [5.41, 5.74) is 3.06. The number of anilines is 1. The molecule has 2 amide bonds. The smallest absolute Gasteiger partial charge is 0.317 e. The molecule has 1 aromatic heterocycles. The Morgan fingerprint density at radius 3 is 2.44 bits per heavy atom. The maximum absolute atomic E-state index is 13.5. The van der Waals surface area contributed by atoms with E-state index in [0.717, 1.165) is 74.4 Å². The molecule has 0 bridgehead atoms. The van der Waals surface area contributed by atoms with Gasteiger partial charge in [-0.2, -0.15) is 0 Å². The Morgan fingerprint density at radius 1 is 1.06 bits per heavy atom. The van der Waals surface area contributed by atoms with Crippen LogP contribution in [-0.4, -0.2) is 71.1 Å². The number of urea groups is 1. The molecular weight excluding hydrogens is 431 g/mol. The van der Waals surface area contributed by atoms with E-state index < -0.39 is 0 Å². The fourth-order valence-corrected chi connectivity index (χ4v) is 5.39. The molecule has 3 heterocycles. The molecule has 5 rings (SSSR count). The number of imidazole rings is 1. The van der Waals surface area contributed by atoms with Gasteiger partial charge < -0.3 is 25.0 Å². The first-order valence-electron chi connectivity index (χ1n) is 12.3. The number of hydrogen-bond donors (Lipinski definition) is 2. The lowest BCUT2D eigenvalue weighted by Gasteiger charge is -2.44. The molecular formula is C26H33FN6O. The van der Waals surface area contributed by atoms with Gasteiger partial charge in [0.2, 0.25) is 5.95 Å². The van der Waals surface area contributed by atoms with Gasteiger partial charge in [0, 0.05) is 51.9 Å². The SMILES string of the molecule is CNC(=O)N1CCC(N2CCC(N(Cc3ccc(F)cc3)c3nc4ccccc4[nH]3)CC2)CC1. The average molecular weight is 465 g/mol.